The third-order valence-electron chi connectivity index (χ3n) is 6.13. The van der Waals surface area contributed by atoms with Gasteiger partial charge in [-0.15, -0.1) is 0 Å². The zero-order valence-electron chi connectivity index (χ0n) is 19.8. The number of fused-ring (bicyclic) bond motifs is 1. The molecule has 5 rings (SSSR count). The molecule has 1 fully saturated rings. The molecule has 0 spiro atoms. The third-order valence-corrected chi connectivity index (χ3v) is 6.13. The predicted octanol–water partition coefficient (Wildman–Crippen LogP) is 0.671. The van der Waals surface area contributed by atoms with Gasteiger partial charge in [-0.3, -0.25) is 9.48 Å². The van der Waals surface area contributed by atoms with E-state index in [9.17, 15) is 9.90 Å². The number of nitrogens with one attached hydrogen (secondary N) is 1. The number of aromatic nitrogens is 7. The smallest absolute Gasteiger partial charge is 0.252 e. The first-order valence-electron chi connectivity index (χ1n) is 11.4. The van der Waals surface area contributed by atoms with Gasteiger partial charge in [0, 0.05) is 30.9 Å². The molecule has 13 heteroatoms. The molecule has 1 aliphatic rings. The summed E-state index contributed by atoms with van der Waals surface area (Å²) in [6, 6.07) is 1.97. The molecule has 13 nitrogen and oxygen atoms in total. The molecule has 4 N–H and O–H groups in total. The first-order chi connectivity index (χ1) is 17.3. The number of imidazole rings is 1. The molecule has 0 aliphatic carbocycles. The van der Waals surface area contributed by atoms with Crippen molar-refractivity contribution in [2.45, 2.75) is 32.5 Å². The lowest BCUT2D eigenvalue weighted by Crippen LogP contribution is -2.30. The fourth-order valence-corrected chi connectivity index (χ4v) is 4.31. The van der Waals surface area contributed by atoms with Crippen LogP contribution in [-0.4, -0.2) is 70.6 Å². The van der Waals surface area contributed by atoms with Crippen molar-refractivity contribution in [3.63, 3.8) is 0 Å². The number of nitriles is 1. The second-order valence-corrected chi connectivity index (χ2v) is 9.01. The fraction of sp³-hybridized carbons (Fsp3) is 0.348. The van der Waals surface area contributed by atoms with Gasteiger partial charge >= 0.3 is 0 Å². The van der Waals surface area contributed by atoms with Gasteiger partial charge in [-0.25, -0.2) is 19.5 Å². The van der Waals surface area contributed by atoms with Crippen LogP contribution < -0.4 is 16.0 Å². The van der Waals surface area contributed by atoms with E-state index in [-0.39, 0.29) is 17.5 Å². The lowest BCUT2D eigenvalue weighted by Gasteiger charge is -2.20. The van der Waals surface area contributed by atoms with Crippen LogP contribution in [-0.2, 0) is 6.54 Å². The molecule has 1 amide bonds. The molecule has 5 heterocycles. The maximum Gasteiger partial charge on any atom is 0.252 e. The van der Waals surface area contributed by atoms with Crippen LogP contribution in [0, 0.1) is 17.2 Å². The van der Waals surface area contributed by atoms with E-state index in [0.717, 1.165) is 5.56 Å². The first-order valence-corrected chi connectivity index (χ1v) is 11.4. The summed E-state index contributed by atoms with van der Waals surface area (Å²) in [5.74, 6) is 0.114. The molecular weight excluding hydrogens is 462 g/mol. The van der Waals surface area contributed by atoms with Crippen molar-refractivity contribution in [2.24, 2.45) is 11.7 Å². The van der Waals surface area contributed by atoms with Gasteiger partial charge < -0.3 is 21.1 Å². The summed E-state index contributed by atoms with van der Waals surface area (Å²) in [5.41, 5.74) is 8.66. The van der Waals surface area contributed by atoms with Crippen molar-refractivity contribution < 1.29 is 9.90 Å². The molecule has 36 heavy (non-hydrogen) atoms. The summed E-state index contributed by atoms with van der Waals surface area (Å²) in [6.07, 6.45) is 9.12. The second-order valence-electron chi connectivity index (χ2n) is 9.01. The van der Waals surface area contributed by atoms with Gasteiger partial charge in [0.25, 0.3) is 5.91 Å². The molecule has 0 aromatic carbocycles. The maximum atomic E-state index is 12.3. The minimum absolute atomic E-state index is 0.0533. The molecule has 1 saturated heterocycles. The minimum atomic E-state index is -0.611. The number of primary amides is 1. The molecule has 4 aromatic rings. The van der Waals surface area contributed by atoms with Gasteiger partial charge in [0.05, 0.1) is 66.1 Å². The quantitative estimate of drug-likeness (QED) is 0.336. The van der Waals surface area contributed by atoms with Crippen LogP contribution in [0.4, 0.5) is 11.6 Å². The van der Waals surface area contributed by atoms with E-state index < -0.39 is 12.0 Å². The van der Waals surface area contributed by atoms with Crippen molar-refractivity contribution in [3.8, 4) is 17.3 Å². The van der Waals surface area contributed by atoms with E-state index in [1.165, 1.54) is 18.6 Å². The first kappa shape index (κ1) is 23.2. The highest BCUT2D eigenvalue weighted by atomic mass is 16.3. The Kier molecular flexibility index (Phi) is 5.95. The zero-order valence-corrected chi connectivity index (χ0v) is 19.8. The van der Waals surface area contributed by atoms with Crippen molar-refractivity contribution in [1.29, 1.82) is 5.26 Å². The topological polar surface area (TPSA) is 176 Å². The number of hydrogen-bond acceptors (Lipinski definition) is 10. The largest absolute Gasteiger partial charge is 0.391 e. The van der Waals surface area contributed by atoms with E-state index in [4.69, 9.17) is 16.0 Å². The molecule has 0 radical (unpaired) electrons. The normalized spacial score (nSPS) is 18.3. The number of carbonyl (C=O) groups is 1. The number of carbonyl (C=O) groups excluding carboxylic acids is 1. The Bertz CT molecular complexity index is 1450. The maximum absolute atomic E-state index is 12.3. The SMILES string of the molecule is C[C@@H](O)Cn1cc(-c2cn3ncc(C(N)=O)c(N[C@@H]4CN(c5ncc(C#N)cn5)C[C@@H]4C)c3n2)cn1. The summed E-state index contributed by atoms with van der Waals surface area (Å²) in [5, 5.41) is 30.7. The molecule has 0 unspecified atom stereocenters. The van der Waals surface area contributed by atoms with Crippen LogP contribution >= 0.6 is 0 Å². The molecule has 0 bridgehead atoms. The van der Waals surface area contributed by atoms with Crippen molar-refractivity contribution in [3.05, 3.63) is 48.3 Å². The van der Waals surface area contributed by atoms with Crippen LogP contribution in [0.5, 0.6) is 0 Å². The Hall–Kier alpha value is -4.57. The van der Waals surface area contributed by atoms with Crippen LogP contribution in [0.1, 0.15) is 29.8 Å². The zero-order chi connectivity index (χ0) is 25.4. The average molecular weight is 488 g/mol. The van der Waals surface area contributed by atoms with Crippen molar-refractivity contribution in [1.82, 2.24) is 34.3 Å². The number of aliphatic hydroxyl groups is 1. The number of aliphatic hydroxyl groups excluding tert-OH is 1. The molecule has 4 aromatic heterocycles. The van der Waals surface area contributed by atoms with E-state index in [2.05, 4.69) is 32.4 Å². The Labute approximate surface area is 206 Å². The van der Waals surface area contributed by atoms with E-state index in [1.807, 2.05) is 11.0 Å². The molecule has 3 atom stereocenters. The summed E-state index contributed by atoms with van der Waals surface area (Å²) in [7, 11) is 0. The predicted molar refractivity (Wildman–Crippen MR) is 130 cm³/mol. The third kappa shape index (κ3) is 4.41. The number of nitrogens with two attached hydrogens (primary N) is 1. The van der Waals surface area contributed by atoms with E-state index in [1.54, 1.807) is 34.7 Å². The lowest BCUT2D eigenvalue weighted by atomic mass is 10.1. The van der Waals surface area contributed by atoms with Gasteiger partial charge in [0.15, 0.2) is 5.65 Å². The van der Waals surface area contributed by atoms with Gasteiger partial charge in [-0.1, -0.05) is 6.92 Å². The Morgan fingerprint density at radius 3 is 2.72 bits per heavy atom. The van der Waals surface area contributed by atoms with E-state index >= 15 is 0 Å². The van der Waals surface area contributed by atoms with Gasteiger partial charge in [-0.05, 0) is 12.8 Å². The van der Waals surface area contributed by atoms with Crippen molar-refractivity contribution >= 4 is 23.2 Å². The average Bonchev–Trinajstić information content (AvgIpc) is 3.57. The summed E-state index contributed by atoms with van der Waals surface area (Å²) in [6.45, 7) is 5.43. The molecule has 184 valence electrons. The monoisotopic (exact) mass is 487 g/mol. The van der Waals surface area contributed by atoms with Crippen LogP contribution in [0.2, 0.25) is 0 Å². The van der Waals surface area contributed by atoms with Crippen LogP contribution in [0.15, 0.2) is 37.2 Å². The van der Waals surface area contributed by atoms with Gasteiger partial charge in [0.1, 0.15) is 6.07 Å². The lowest BCUT2D eigenvalue weighted by molar-refractivity contribution is 0.100. The minimum Gasteiger partial charge on any atom is -0.391 e. The Morgan fingerprint density at radius 1 is 1.25 bits per heavy atom. The van der Waals surface area contributed by atoms with Gasteiger partial charge in [0.2, 0.25) is 5.95 Å². The molecule has 1 aliphatic heterocycles. The fourth-order valence-electron chi connectivity index (χ4n) is 4.31. The number of anilines is 2. The second kappa shape index (κ2) is 9.23. The highest BCUT2D eigenvalue weighted by Gasteiger charge is 2.32. The highest BCUT2D eigenvalue weighted by molar-refractivity contribution is 6.01. The Morgan fingerprint density at radius 2 is 2.03 bits per heavy atom. The number of rotatable bonds is 7. The summed E-state index contributed by atoms with van der Waals surface area (Å²) < 4.78 is 3.24. The summed E-state index contributed by atoms with van der Waals surface area (Å²) in [4.78, 5) is 27.6. The van der Waals surface area contributed by atoms with Gasteiger partial charge in [-0.2, -0.15) is 15.5 Å². The number of nitrogens with zero attached hydrogens (tertiary/aromatic N) is 9. The molecular formula is C23H25N11O2. The van der Waals surface area contributed by atoms with Crippen LogP contribution in [0.25, 0.3) is 16.9 Å². The standard InChI is InChI=1S/C23H25N11O2/c1-13-8-32(23-26-4-15(3-24)5-27-23)11-18(13)30-20-17(21(25)36)7-29-34-12-19(31-22(20)34)16-6-28-33(10-16)9-14(2)35/h4-7,10,12-14,18,30,35H,8-9,11H2,1-2H3,(H2,25,36)/t13-,14+,18+/m0/s1. The van der Waals surface area contributed by atoms with Crippen LogP contribution in [0.3, 0.4) is 0 Å². The Balaban J connectivity index is 1.45. The number of amides is 1. The highest BCUT2D eigenvalue weighted by Crippen LogP contribution is 2.29. The van der Waals surface area contributed by atoms with E-state index in [0.29, 0.717) is 48.2 Å². The summed E-state index contributed by atoms with van der Waals surface area (Å²) >= 11 is 0. The van der Waals surface area contributed by atoms with Crippen molar-refractivity contribution in [2.75, 3.05) is 23.3 Å². The number of hydrogen-bond donors (Lipinski definition) is 3. The molecule has 0 saturated carbocycles.